The zero-order chi connectivity index (χ0) is 17.0. The van der Waals surface area contributed by atoms with Crippen molar-refractivity contribution in [3.63, 3.8) is 0 Å². The molecule has 1 aromatic carbocycles. The fraction of sp³-hybridized carbons (Fsp3) is 0.200. The van der Waals surface area contributed by atoms with Crippen molar-refractivity contribution in [1.29, 1.82) is 0 Å². The van der Waals surface area contributed by atoms with Gasteiger partial charge < -0.3 is 15.6 Å². The van der Waals surface area contributed by atoms with Crippen LogP contribution < -0.4 is 10.6 Å². The lowest BCUT2D eigenvalue weighted by Gasteiger charge is -2.17. The maximum atomic E-state index is 4.08. The number of anilines is 1. The van der Waals surface area contributed by atoms with Crippen LogP contribution in [0.25, 0.3) is 6.08 Å². The average molecular weight is 307 g/mol. The van der Waals surface area contributed by atoms with Crippen molar-refractivity contribution in [3.8, 4) is 0 Å². The van der Waals surface area contributed by atoms with Crippen LogP contribution in [0.1, 0.15) is 27.9 Å². The van der Waals surface area contributed by atoms with Crippen LogP contribution >= 0.6 is 0 Å². The van der Waals surface area contributed by atoms with E-state index in [1.165, 1.54) is 16.7 Å². The Labute approximate surface area is 138 Å². The monoisotopic (exact) mass is 307 g/mol. The van der Waals surface area contributed by atoms with Gasteiger partial charge in [-0.15, -0.1) is 0 Å². The maximum absolute atomic E-state index is 4.08. The van der Waals surface area contributed by atoms with Crippen LogP contribution in [-0.4, -0.2) is 4.98 Å². The summed E-state index contributed by atoms with van der Waals surface area (Å²) in [5.74, 6) is 0.722. The zero-order valence-electron chi connectivity index (χ0n) is 14.4. The van der Waals surface area contributed by atoms with Gasteiger partial charge in [-0.3, -0.25) is 0 Å². The van der Waals surface area contributed by atoms with Gasteiger partial charge in [0, 0.05) is 23.3 Å². The van der Waals surface area contributed by atoms with Gasteiger partial charge in [0.15, 0.2) is 0 Å². The summed E-state index contributed by atoms with van der Waals surface area (Å²) < 4.78 is 0. The molecule has 3 nitrogen and oxygen atoms in total. The summed E-state index contributed by atoms with van der Waals surface area (Å²) in [5.41, 5.74) is 7.91. The van der Waals surface area contributed by atoms with Gasteiger partial charge >= 0.3 is 0 Å². The van der Waals surface area contributed by atoms with Crippen molar-refractivity contribution in [1.82, 2.24) is 10.3 Å². The molecule has 2 rings (SSSR count). The van der Waals surface area contributed by atoms with Gasteiger partial charge in [0.1, 0.15) is 5.82 Å². The van der Waals surface area contributed by atoms with Crippen molar-refractivity contribution >= 4 is 11.8 Å². The molecule has 0 bridgehead atoms. The lowest BCUT2D eigenvalue weighted by atomic mass is 10.1. The molecular formula is C20H25N3. The molecule has 1 heterocycles. The molecule has 1 aromatic heterocycles. The number of aromatic nitrogens is 1. The molecule has 0 fully saturated rings. The first-order valence-electron chi connectivity index (χ1n) is 7.69. The van der Waals surface area contributed by atoms with E-state index in [0.717, 1.165) is 28.5 Å². The highest BCUT2D eigenvalue weighted by molar-refractivity contribution is 5.62. The molecule has 0 aliphatic heterocycles. The van der Waals surface area contributed by atoms with Crippen LogP contribution in [0.4, 0.5) is 5.69 Å². The predicted molar refractivity (Wildman–Crippen MR) is 100 cm³/mol. The van der Waals surface area contributed by atoms with Gasteiger partial charge in [0.05, 0.1) is 0 Å². The van der Waals surface area contributed by atoms with E-state index in [0.29, 0.717) is 0 Å². The van der Waals surface area contributed by atoms with Crippen LogP contribution in [0.15, 0.2) is 55.1 Å². The molecule has 0 aliphatic rings. The second-order valence-corrected chi connectivity index (χ2v) is 5.86. The van der Waals surface area contributed by atoms with Crippen LogP contribution in [0, 0.1) is 27.7 Å². The molecule has 23 heavy (non-hydrogen) atoms. The Bertz CT molecular complexity index is 740. The number of nitrogens with one attached hydrogen (secondary N) is 3. The number of hydrogen-bond donors (Lipinski definition) is 3. The quantitative estimate of drug-likeness (QED) is 0.661. The normalized spacial score (nSPS) is 11.2. The predicted octanol–water partition coefficient (Wildman–Crippen LogP) is 4.95. The van der Waals surface area contributed by atoms with E-state index in [1.54, 1.807) is 6.08 Å². The fourth-order valence-electron chi connectivity index (χ4n) is 2.67. The van der Waals surface area contributed by atoms with Crippen molar-refractivity contribution in [2.24, 2.45) is 0 Å². The van der Waals surface area contributed by atoms with Crippen molar-refractivity contribution in [2.45, 2.75) is 27.7 Å². The lowest BCUT2D eigenvalue weighted by Crippen LogP contribution is -2.18. The van der Waals surface area contributed by atoms with E-state index in [9.17, 15) is 0 Å². The smallest absolute Gasteiger partial charge is 0.100 e. The third-order valence-corrected chi connectivity index (χ3v) is 3.77. The molecule has 0 radical (unpaired) electrons. The number of allylic oxidation sites excluding steroid dienone is 1. The molecule has 0 amide bonds. The molecular weight excluding hydrogens is 282 g/mol. The van der Waals surface area contributed by atoms with Gasteiger partial charge in [-0.25, -0.2) is 0 Å². The minimum Gasteiger partial charge on any atom is -0.365 e. The fourth-order valence-corrected chi connectivity index (χ4v) is 2.67. The number of hydrogen-bond acceptors (Lipinski definition) is 2. The van der Waals surface area contributed by atoms with Crippen molar-refractivity contribution in [3.05, 3.63) is 83.1 Å². The van der Waals surface area contributed by atoms with Gasteiger partial charge in [-0.2, -0.15) is 0 Å². The Morgan fingerprint density at radius 3 is 2.30 bits per heavy atom. The number of aryl methyl sites for hydroxylation is 4. The van der Waals surface area contributed by atoms with E-state index in [4.69, 9.17) is 0 Å². The Kier molecular flexibility index (Phi) is 5.12. The Hall–Kier alpha value is -2.68. The number of aromatic amines is 1. The average Bonchev–Trinajstić information content (AvgIpc) is 2.87. The van der Waals surface area contributed by atoms with Crippen molar-refractivity contribution < 1.29 is 0 Å². The molecule has 2 aromatic rings. The van der Waals surface area contributed by atoms with Crippen molar-refractivity contribution in [2.75, 3.05) is 5.32 Å². The summed E-state index contributed by atoms with van der Waals surface area (Å²) in [4.78, 5) is 3.17. The second-order valence-electron chi connectivity index (χ2n) is 5.86. The summed E-state index contributed by atoms with van der Waals surface area (Å²) in [7, 11) is 0. The first-order valence-corrected chi connectivity index (χ1v) is 7.69. The summed E-state index contributed by atoms with van der Waals surface area (Å²) in [6.45, 7) is 16.3. The minimum absolute atomic E-state index is 0.722. The van der Waals surface area contributed by atoms with Gasteiger partial charge in [0.25, 0.3) is 0 Å². The molecule has 0 spiro atoms. The van der Waals surface area contributed by atoms with E-state index < -0.39 is 0 Å². The third-order valence-electron chi connectivity index (χ3n) is 3.77. The molecule has 3 N–H and O–H groups in total. The highest BCUT2D eigenvalue weighted by Gasteiger charge is 2.05. The van der Waals surface area contributed by atoms with E-state index in [2.05, 4.69) is 61.7 Å². The summed E-state index contributed by atoms with van der Waals surface area (Å²) in [6, 6.07) is 6.36. The molecule has 3 heteroatoms. The second kappa shape index (κ2) is 7.05. The third kappa shape index (κ3) is 4.16. The summed E-state index contributed by atoms with van der Waals surface area (Å²) in [6.07, 6.45) is 5.75. The Morgan fingerprint density at radius 1 is 1.13 bits per heavy atom. The number of rotatable bonds is 6. The first-order chi connectivity index (χ1) is 10.9. The standard InChI is InChI=1S/C20H25N3/c1-7-19(12-18-8-9-21-16(18)5)22-17(6)23-20-14(3)10-13(2)11-15(20)4/h7-12,21-23H,1,6H2,2-5H3/b19-12+. The maximum Gasteiger partial charge on any atom is 0.100 e. The van der Waals surface area contributed by atoms with Crippen LogP contribution in [0.3, 0.4) is 0 Å². The highest BCUT2D eigenvalue weighted by atomic mass is 15.1. The minimum atomic E-state index is 0.722. The largest absolute Gasteiger partial charge is 0.365 e. The van der Waals surface area contributed by atoms with E-state index >= 15 is 0 Å². The first kappa shape index (κ1) is 16.7. The summed E-state index contributed by atoms with van der Waals surface area (Å²) >= 11 is 0. The highest BCUT2D eigenvalue weighted by Crippen LogP contribution is 2.23. The molecule has 0 atom stereocenters. The molecule has 0 aliphatic carbocycles. The van der Waals surface area contributed by atoms with E-state index in [1.807, 2.05) is 25.3 Å². The molecule has 0 unspecified atom stereocenters. The van der Waals surface area contributed by atoms with Gasteiger partial charge in [0.2, 0.25) is 0 Å². The van der Waals surface area contributed by atoms with Gasteiger partial charge in [-0.1, -0.05) is 30.9 Å². The summed E-state index contributed by atoms with van der Waals surface area (Å²) in [5, 5.41) is 6.64. The van der Waals surface area contributed by atoms with E-state index in [-0.39, 0.29) is 0 Å². The lowest BCUT2D eigenvalue weighted by molar-refractivity contribution is 1.02. The topological polar surface area (TPSA) is 39.9 Å². The zero-order valence-corrected chi connectivity index (χ0v) is 14.4. The SMILES string of the molecule is C=C/C(=C\c1cc[nH]c1C)NC(=C)Nc1c(C)cc(C)cc1C. The van der Waals surface area contributed by atoms with Crippen LogP contribution in [0.5, 0.6) is 0 Å². The van der Waals surface area contributed by atoms with Gasteiger partial charge in [-0.05, 0) is 62.6 Å². The number of benzene rings is 1. The van der Waals surface area contributed by atoms with Crippen LogP contribution in [0.2, 0.25) is 0 Å². The molecule has 120 valence electrons. The number of H-pyrrole nitrogens is 1. The van der Waals surface area contributed by atoms with Crippen LogP contribution in [-0.2, 0) is 0 Å². The Balaban J connectivity index is 2.14. The Morgan fingerprint density at radius 2 is 1.78 bits per heavy atom. The molecule has 0 saturated heterocycles. The molecule has 0 saturated carbocycles.